The number of fused-ring (bicyclic) bond motifs is 3. The van der Waals surface area contributed by atoms with Crippen LogP contribution in [0.25, 0.3) is 44.5 Å². The Balaban J connectivity index is 1.67. The summed E-state index contributed by atoms with van der Waals surface area (Å²) >= 11 is 6.60. The molecule has 0 spiro atoms. The second-order valence-electron chi connectivity index (χ2n) is 7.98. The summed E-state index contributed by atoms with van der Waals surface area (Å²) in [6.07, 6.45) is 13.5. The first-order chi connectivity index (χ1) is 15.2. The smallest absolute Gasteiger partial charge is 0.147 e. The SMILES string of the molecule is Cn1cc(-c2cnc3ccn4c(C5=CCCC5)c(-c5ccccc5Cl)nc4c3c2)cn1. The van der Waals surface area contributed by atoms with E-state index in [0.29, 0.717) is 5.02 Å². The number of halogens is 1. The van der Waals surface area contributed by atoms with E-state index in [0.717, 1.165) is 57.5 Å². The quantitative estimate of drug-likeness (QED) is 0.347. The summed E-state index contributed by atoms with van der Waals surface area (Å²) in [7, 11) is 1.92. The number of benzene rings is 1. The lowest BCUT2D eigenvalue weighted by molar-refractivity contribution is 0.768. The second-order valence-corrected chi connectivity index (χ2v) is 8.39. The van der Waals surface area contributed by atoms with Crippen LogP contribution in [-0.4, -0.2) is 24.1 Å². The van der Waals surface area contributed by atoms with Crippen LogP contribution in [0.4, 0.5) is 0 Å². The van der Waals surface area contributed by atoms with Gasteiger partial charge in [-0.2, -0.15) is 5.10 Å². The minimum atomic E-state index is 0.712. The fourth-order valence-electron chi connectivity index (χ4n) is 4.46. The monoisotopic (exact) mass is 425 g/mol. The fourth-order valence-corrected chi connectivity index (χ4v) is 4.69. The molecule has 0 bridgehead atoms. The topological polar surface area (TPSA) is 48.0 Å². The standard InChI is InChI=1S/C25H20ClN5/c1-30-15-18(14-28-30)17-12-20-22(27-13-17)10-11-31-24(16-6-2-3-7-16)23(29-25(20)31)19-8-4-5-9-21(19)26/h4-6,8-15H,2-3,7H2,1H3. The zero-order valence-corrected chi connectivity index (χ0v) is 17.8. The summed E-state index contributed by atoms with van der Waals surface area (Å²) in [5.74, 6) is 0. The molecule has 6 rings (SSSR count). The number of pyridine rings is 2. The van der Waals surface area contributed by atoms with Crippen LogP contribution in [-0.2, 0) is 7.05 Å². The van der Waals surface area contributed by atoms with Crippen LogP contribution in [0.5, 0.6) is 0 Å². The predicted molar refractivity (Wildman–Crippen MR) is 125 cm³/mol. The number of rotatable bonds is 3. The highest BCUT2D eigenvalue weighted by atomic mass is 35.5. The first kappa shape index (κ1) is 18.3. The lowest BCUT2D eigenvalue weighted by atomic mass is 10.0. The molecule has 152 valence electrons. The minimum absolute atomic E-state index is 0.712. The van der Waals surface area contributed by atoms with E-state index >= 15 is 0 Å². The second kappa shape index (κ2) is 7.06. The molecular weight excluding hydrogens is 406 g/mol. The molecule has 1 aromatic carbocycles. The molecule has 5 aromatic rings. The number of allylic oxidation sites excluding steroid dienone is 2. The molecule has 4 heterocycles. The molecule has 0 saturated carbocycles. The van der Waals surface area contributed by atoms with Crippen molar-refractivity contribution in [2.45, 2.75) is 19.3 Å². The van der Waals surface area contributed by atoms with Crippen molar-refractivity contribution in [2.24, 2.45) is 7.05 Å². The molecule has 31 heavy (non-hydrogen) atoms. The molecule has 0 amide bonds. The minimum Gasteiger partial charge on any atom is -0.299 e. The lowest BCUT2D eigenvalue weighted by Crippen LogP contribution is -1.94. The van der Waals surface area contributed by atoms with Gasteiger partial charge in [0.2, 0.25) is 0 Å². The maximum atomic E-state index is 6.60. The maximum Gasteiger partial charge on any atom is 0.147 e. The van der Waals surface area contributed by atoms with Crippen molar-refractivity contribution in [3.8, 4) is 22.4 Å². The normalized spacial score (nSPS) is 13.9. The van der Waals surface area contributed by atoms with Gasteiger partial charge in [-0.3, -0.25) is 14.1 Å². The summed E-state index contributed by atoms with van der Waals surface area (Å²) < 4.78 is 4.00. The van der Waals surface area contributed by atoms with Gasteiger partial charge in [-0.15, -0.1) is 0 Å². The van der Waals surface area contributed by atoms with Gasteiger partial charge in [0.25, 0.3) is 0 Å². The van der Waals surface area contributed by atoms with E-state index in [-0.39, 0.29) is 0 Å². The third kappa shape index (κ3) is 2.96. The summed E-state index contributed by atoms with van der Waals surface area (Å²) in [6, 6.07) is 12.2. The summed E-state index contributed by atoms with van der Waals surface area (Å²) in [4.78, 5) is 9.85. The Morgan fingerprint density at radius 2 is 1.97 bits per heavy atom. The Morgan fingerprint density at radius 1 is 1.06 bits per heavy atom. The highest BCUT2D eigenvalue weighted by Crippen LogP contribution is 2.39. The Hall–Kier alpha value is -3.44. The van der Waals surface area contributed by atoms with Crippen LogP contribution in [0.1, 0.15) is 25.0 Å². The van der Waals surface area contributed by atoms with E-state index in [1.54, 1.807) is 4.68 Å². The Morgan fingerprint density at radius 3 is 2.74 bits per heavy atom. The molecule has 0 fully saturated rings. The summed E-state index contributed by atoms with van der Waals surface area (Å²) in [5.41, 5.74) is 8.23. The highest BCUT2D eigenvalue weighted by Gasteiger charge is 2.22. The average molecular weight is 426 g/mol. The van der Waals surface area contributed by atoms with Crippen LogP contribution < -0.4 is 0 Å². The van der Waals surface area contributed by atoms with Gasteiger partial charge in [-0.25, -0.2) is 4.98 Å². The molecule has 5 nitrogen and oxygen atoms in total. The maximum absolute atomic E-state index is 6.60. The van der Waals surface area contributed by atoms with Gasteiger partial charge >= 0.3 is 0 Å². The van der Waals surface area contributed by atoms with Gasteiger partial charge < -0.3 is 0 Å². The van der Waals surface area contributed by atoms with E-state index in [2.05, 4.69) is 33.9 Å². The average Bonchev–Trinajstić information content (AvgIpc) is 3.53. The third-order valence-electron chi connectivity index (χ3n) is 5.96. The highest BCUT2D eigenvalue weighted by molar-refractivity contribution is 6.33. The van der Waals surface area contributed by atoms with Gasteiger partial charge in [0.1, 0.15) is 5.65 Å². The van der Waals surface area contributed by atoms with Gasteiger partial charge in [0.05, 0.1) is 28.1 Å². The van der Waals surface area contributed by atoms with Crippen molar-refractivity contribution in [3.05, 3.63) is 78.0 Å². The van der Waals surface area contributed by atoms with E-state index < -0.39 is 0 Å². The molecule has 4 aromatic heterocycles. The van der Waals surface area contributed by atoms with Gasteiger partial charge in [0.15, 0.2) is 0 Å². The van der Waals surface area contributed by atoms with Crippen molar-refractivity contribution in [1.29, 1.82) is 0 Å². The molecule has 0 unspecified atom stereocenters. The first-order valence-corrected chi connectivity index (χ1v) is 10.8. The van der Waals surface area contributed by atoms with E-state index in [1.807, 2.05) is 49.9 Å². The van der Waals surface area contributed by atoms with Crippen LogP contribution in [0, 0.1) is 0 Å². The molecule has 6 heteroatoms. The summed E-state index contributed by atoms with van der Waals surface area (Å²) in [5, 5.41) is 6.03. The predicted octanol–water partition coefficient (Wildman–Crippen LogP) is 6.17. The van der Waals surface area contributed by atoms with Crippen LogP contribution >= 0.6 is 11.6 Å². The number of hydrogen-bond donors (Lipinski definition) is 0. The molecule has 1 aliphatic carbocycles. The number of aromatic nitrogens is 5. The number of imidazole rings is 1. The molecule has 0 saturated heterocycles. The van der Waals surface area contributed by atoms with E-state index in [9.17, 15) is 0 Å². The zero-order valence-electron chi connectivity index (χ0n) is 17.1. The lowest BCUT2D eigenvalue weighted by Gasteiger charge is -2.08. The van der Waals surface area contributed by atoms with Crippen molar-refractivity contribution >= 4 is 33.7 Å². The Labute approximate surface area is 184 Å². The van der Waals surface area contributed by atoms with Gasteiger partial charge in [0, 0.05) is 47.7 Å². The van der Waals surface area contributed by atoms with Gasteiger partial charge in [-0.1, -0.05) is 35.9 Å². The third-order valence-corrected chi connectivity index (χ3v) is 6.29. The Bertz CT molecular complexity index is 1490. The van der Waals surface area contributed by atoms with E-state index in [4.69, 9.17) is 21.6 Å². The first-order valence-electron chi connectivity index (χ1n) is 10.4. The van der Waals surface area contributed by atoms with Gasteiger partial charge in [-0.05, 0) is 43.0 Å². The fraction of sp³-hybridized carbons (Fsp3) is 0.160. The number of nitrogens with zero attached hydrogens (tertiary/aromatic N) is 5. The van der Waals surface area contributed by atoms with Crippen LogP contribution in [0.2, 0.25) is 5.02 Å². The van der Waals surface area contributed by atoms with Crippen molar-refractivity contribution in [1.82, 2.24) is 24.1 Å². The molecular formula is C25H20ClN5. The van der Waals surface area contributed by atoms with Crippen molar-refractivity contribution < 1.29 is 0 Å². The zero-order chi connectivity index (χ0) is 20.9. The molecule has 0 radical (unpaired) electrons. The van der Waals surface area contributed by atoms with Crippen molar-refractivity contribution in [2.75, 3.05) is 0 Å². The summed E-state index contributed by atoms with van der Waals surface area (Å²) in [6.45, 7) is 0. The van der Waals surface area contributed by atoms with Crippen LogP contribution in [0.3, 0.4) is 0 Å². The molecule has 1 aliphatic rings. The largest absolute Gasteiger partial charge is 0.299 e. The van der Waals surface area contributed by atoms with Crippen molar-refractivity contribution in [3.63, 3.8) is 0 Å². The molecule has 0 N–H and O–H groups in total. The Kier molecular flexibility index (Phi) is 4.18. The van der Waals surface area contributed by atoms with E-state index in [1.165, 1.54) is 12.0 Å². The molecule has 0 aliphatic heterocycles. The molecule has 0 atom stereocenters. The number of aryl methyl sites for hydroxylation is 1. The van der Waals surface area contributed by atoms with Crippen LogP contribution in [0.15, 0.2) is 67.3 Å². The number of hydrogen-bond acceptors (Lipinski definition) is 3.